The van der Waals surface area contributed by atoms with Crippen LogP contribution in [0.25, 0.3) is 0 Å². The number of pyridine rings is 1. The molecule has 0 atom stereocenters. The zero-order valence-corrected chi connectivity index (χ0v) is 13.8. The normalized spacial score (nSPS) is 17.8. The SMILES string of the molecule is Cc1ncccc1C(=O)N1CC(n2cc(COCC3CC3)nn2)C1. The maximum atomic E-state index is 12.5. The van der Waals surface area contributed by atoms with Gasteiger partial charge in [0, 0.05) is 31.6 Å². The van der Waals surface area contributed by atoms with E-state index in [0.717, 1.165) is 23.9 Å². The van der Waals surface area contributed by atoms with E-state index in [0.29, 0.717) is 25.3 Å². The molecule has 1 amide bonds. The van der Waals surface area contributed by atoms with Crippen molar-refractivity contribution in [2.45, 2.75) is 32.4 Å². The van der Waals surface area contributed by atoms with E-state index in [1.807, 2.05) is 28.8 Å². The minimum atomic E-state index is 0.0324. The number of hydrogen-bond donors (Lipinski definition) is 0. The van der Waals surface area contributed by atoms with Crippen LogP contribution in [0.15, 0.2) is 24.5 Å². The Labute approximate surface area is 140 Å². The predicted molar refractivity (Wildman–Crippen MR) is 86.3 cm³/mol. The quantitative estimate of drug-likeness (QED) is 0.806. The van der Waals surface area contributed by atoms with E-state index < -0.39 is 0 Å². The fraction of sp³-hybridized carbons (Fsp3) is 0.529. The van der Waals surface area contributed by atoms with Gasteiger partial charge in [-0.05, 0) is 37.8 Å². The van der Waals surface area contributed by atoms with Gasteiger partial charge >= 0.3 is 0 Å². The number of hydrogen-bond acceptors (Lipinski definition) is 5. The molecule has 1 aliphatic heterocycles. The molecule has 2 aromatic rings. The van der Waals surface area contributed by atoms with Gasteiger partial charge in [-0.25, -0.2) is 4.68 Å². The average Bonchev–Trinajstić information content (AvgIpc) is 3.24. The Morgan fingerprint density at radius 1 is 1.38 bits per heavy atom. The molecule has 2 fully saturated rings. The number of rotatable bonds is 6. The highest BCUT2D eigenvalue weighted by Gasteiger charge is 2.34. The first-order chi connectivity index (χ1) is 11.7. The monoisotopic (exact) mass is 327 g/mol. The molecule has 1 saturated carbocycles. The molecule has 24 heavy (non-hydrogen) atoms. The van der Waals surface area contributed by atoms with Crippen LogP contribution in [0, 0.1) is 12.8 Å². The summed E-state index contributed by atoms with van der Waals surface area (Å²) in [6.07, 6.45) is 6.20. The number of amides is 1. The zero-order valence-electron chi connectivity index (χ0n) is 13.8. The molecule has 0 spiro atoms. The maximum absolute atomic E-state index is 12.5. The Morgan fingerprint density at radius 3 is 2.96 bits per heavy atom. The Morgan fingerprint density at radius 2 is 2.21 bits per heavy atom. The molecule has 0 aromatic carbocycles. The zero-order chi connectivity index (χ0) is 16.5. The molecular formula is C17H21N5O2. The second kappa shape index (κ2) is 6.32. The summed E-state index contributed by atoms with van der Waals surface area (Å²) in [5.74, 6) is 0.784. The predicted octanol–water partition coefficient (Wildman–Crippen LogP) is 1.61. The van der Waals surface area contributed by atoms with Gasteiger partial charge in [0.15, 0.2) is 0 Å². The standard InChI is InChI=1S/C17H21N5O2/c1-12-16(3-2-6-18-12)17(23)21-8-15(9-21)22-7-14(19-20-22)11-24-10-13-4-5-13/h2-3,6-7,13,15H,4-5,8-11H2,1H3. The molecule has 2 aromatic heterocycles. The summed E-state index contributed by atoms with van der Waals surface area (Å²) in [5, 5.41) is 8.33. The molecule has 4 rings (SSSR count). The van der Waals surface area contributed by atoms with E-state index in [1.165, 1.54) is 12.8 Å². The van der Waals surface area contributed by atoms with Crippen molar-refractivity contribution in [3.8, 4) is 0 Å². The molecule has 1 saturated heterocycles. The molecule has 0 radical (unpaired) electrons. The lowest BCUT2D eigenvalue weighted by molar-refractivity contribution is 0.0497. The molecule has 126 valence electrons. The van der Waals surface area contributed by atoms with Crippen molar-refractivity contribution in [2.24, 2.45) is 5.92 Å². The highest BCUT2D eigenvalue weighted by molar-refractivity contribution is 5.95. The third kappa shape index (κ3) is 3.17. The molecular weight excluding hydrogens is 306 g/mol. The van der Waals surface area contributed by atoms with Crippen LogP contribution in [-0.4, -0.2) is 50.5 Å². The van der Waals surface area contributed by atoms with Crippen molar-refractivity contribution in [3.63, 3.8) is 0 Å². The Hall–Kier alpha value is -2.28. The molecule has 7 heteroatoms. The number of aryl methyl sites for hydroxylation is 1. The number of aromatic nitrogens is 4. The third-order valence-corrected chi connectivity index (χ3v) is 4.62. The molecule has 1 aliphatic carbocycles. The largest absolute Gasteiger partial charge is 0.375 e. The first-order valence-electron chi connectivity index (χ1n) is 8.40. The van der Waals surface area contributed by atoms with Gasteiger partial charge in [-0.15, -0.1) is 5.10 Å². The highest BCUT2D eigenvalue weighted by Crippen LogP contribution is 2.29. The van der Waals surface area contributed by atoms with Crippen molar-refractivity contribution < 1.29 is 9.53 Å². The fourth-order valence-electron chi connectivity index (χ4n) is 2.84. The van der Waals surface area contributed by atoms with E-state index in [-0.39, 0.29) is 11.9 Å². The molecule has 0 unspecified atom stereocenters. The van der Waals surface area contributed by atoms with Crippen molar-refractivity contribution in [1.29, 1.82) is 0 Å². The lowest BCUT2D eigenvalue weighted by Gasteiger charge is -2.39. The average molecular weight is 327 g/mol. The maximum Gasteiger partial charge on any atom is 0.255 e. The number of carbonyl (C=O) groups is 1. The van der Waals surface area contributed by atoms with Crippen LogP contribution in [0.4, 0.5) is 0 Å². The summed E-state index contributed by atoms with van der Waals surface area (Å²) in [5.41, 5.74) is 2.29. The van der Waals surface area contributed by atoms with Crippen LogP contribution in [0.3, 0.4) is 0 Å². The van der Waals surface area contributed by atoms with Gasteiger partial charge in [0.2, 0.25) is 0 Å². The molecule has 7 nitrogen and oxygen atoms in total. The van der Waals surface area contributed by atoms with E-state index in [9.17, 15) is 4.79 Å². The first-order valence-corrected chi connectivity index (χ1v) is 8.40. The van der Waals surface area contributed by atoms with Crippen molar-refractivity contribution in [2.75, 3.05) is 19.7 Å². The van der Waals surface area contributed by atoms with Crippen LogP contribution in [0.5, 0.6) is 0 Å². The van der Waals surface area contributed by atoms with E-state index in [1.54, 1.807) is 12.3 Å². The van der Waals surface area contributed by atoms with Crippen LogP contribution < -0.4 is 0 Å². The van der Waals surface area contributed by atoms with Crippen LogP contribution in [0.2, 0.25) is 0 Å². The van der Waals surface area contributed by atoms with Crippen molar-refractivity contribution >= 4 is 5.91 Å². The topological polar surface area (TPSA) is 73.1 Å². The van der Waals surface area contributed by atoms with Gasteiger partial charge in [0.1, 0.15) is 5.69 Å². The lowest BCUT2D eigenvalue weighted by atomic mass is 10.1. The smallest absolute Gasteiger partial charge is 0.255 e. The van der Waals surface area contributed by atoms with E-state index in [2.05, 4.69) is 15.3 Å². The third-order valence-electron chi connectivity index (χ3n) is 4.62. The van der Waals surface area contributed by atoms with Gasteiger partial charge in [0.25, 0.3) is 5.91 Å². The summed E-state index contributed by atoms with van der Waals surface area (Å²) in [6.45, 7) is 4.50. The summed E-state index contributed by atoms with van der Waals surface area (Å²) >= 11 is 0. The minimum Gasteiger partial charge on any atom is -0.375 e. The van der Waals surface area contributed by atoms with Crippen LogP contribution in [-0.2, 0) is 11.3 Å². The highest BCUT2D eigenvalue weighted by atomic mass is 16.5. The Balaban J connectivity index is 1.30. The summed E-state index contributed by atoms with van der Waals surface area (Å²) in [4.78, 5) is 18.5. The van der Waals surface area contributed by atoms with E-state index in [4.69, 9.17) is 4.74 Å². The molecule has 0 bridgehead atoms. The number of nitrogens with zero attached hydrogens (tertiary/aromatic N) is 5. The minimum absolute atomic E-state index is 0.0324. The van der Waals surface area contributed by atoms with Gasteiger partial charge in [0.05, 0.1) is 24.4 Å². The summed E-state index contributed by atoms with van der Waals surface area (Å²) < 4.78 is 7.47. The Kier molecular flexibility index (Phi) is 4.02. The van der Waals surface area contributed by atoms with Crippen molar-refractivity contribution in [1.82, 2.24) is 24.9 Å². The van der Waals surface area contributed by atoms with E-state index >= 15 is 0 Å². The lowest BCUT2D eigenvalue weighted by Crippen LogP contribution is -2.51. The second-order valence-electron chi connectivity index (χ2n) is 6.65. The number of ether oxygens (including phenoxy) is 1. The van der Waals surface area contributed by atoms with Gasteiger partial charge in [-0.3, -0.25) is 9.78 Å². The van der Waals surface area contributed by atoms with Gasteiger partial charge < -0.3 is 9.64 Å². The first kappa shape index (κ1) is 15.3. The summed E-state index contributed by atoms with van der Waals surface area (Å²) in [7, 11) is 0. The van der Waals surface area contributed by atoms with Gasteiger partial charge in [-0.2, -0.15) is 0 Å². The Bertz CT molecular complexity index is 734. The summed E-state index contributed by atoms with van der Waals surface area (Å²) in [6, 6.07) is 3.81. The van der Waals surface area contributed by atoms with Crippen LogP contribution in [0.1, 0.15) is 40.6 Å². The fourth-order valence-corrected chi connectivity index (χ4v) is 2.84. The molecule has 3 heterocycles. The number of likely N-dealkylation sites (tertiary alicyclic amines) is 1. The number of carbonyl (C=O) groups excluding carboxylic acids is 1. The molecule has 0 N–H and O–H groups in total. The van der Waals surface area contributed by atoms with Crippen molar-refractivity contribution in [3.05, 3.63) is 41.5 Å². The molecule has 2 aliphatic rings. The van der Waals surface area contributed by atoms with Crippen LogP contribution >= 0.6 is 0 Å². The van der Waals surface area contributed by atoms with Gasteiger partial charge in [-0.1, -0.05) is 5.21 Å². The second-order valence-corrected chi connectivity index (χ2v) is 6.65.